The lowest BCUT2D eigenvalue weighted by Gasteiger charge is -2.12. The van der Waals surface area contributed by atoms with Crippen molar-refractivity contribution in [2.24, 2.45) is 0 Å². The van der Waals surface area contributed by atoms with Crippen molar-refractivity contribution in [1.29, 1.82) is 10.5 Å². The summed E-state index contributed by atoms with van der Waals surface area (Å²) in [6.07, 6.45) is 1.53. The van der Waals surface area contributed by atoms with Gasteiger partial charge >= 0.3 is 0 Å². The van der Waals surface area contributed by atoms with Gasteiger partial charge in [0.1, 0.15) is 24.0 Å². The van der Waals surface area contributed by atoms with Crippen LogP contribution in [0, 0.1) is 36.7 Å². The molecule has 0 radical (unpaired) electrons. The standard InChI is InChI=1S/C25H16ClI2N3O2/c1-15-6-7-20(11-21(15)26)31-25(32)19(13-30)8-16-9-22(27)24(23(28)10-16)33-14-18-5-3-2-4-17(18)12-29/h2-11H,14H2,1H3,(H,31,32)/b19-8-. The number of halogens is 3. The molecule has 0 unspecified atom stereocenters. The number of nitrogens with zero attached hydrogens (tertiary/aromatic N) is 2. The van der Waals surface area contributed by atoms with Crippen LogP contribution in [0.5, 0.6) is 5.75 Å². The highest BCUT2D eigenvalue weighted by Gasteiger charge is 2.14. The summed E-state index contributed by atoms with van der Waals surface area (Å²) in [5, 5.41) is 22.0. The molecule has 0 aliphatic rings. The summed E-state index contributed by atoms with van der Waals surface area (Å²) in [5.74, 6) is 0.161. The summed E-state index contributed by atoms with van der Waals surface area (Å²) >= 11 is 10.4. The van der Waals surface area contributed by atoms with Crippen LogP contribution in [-0.4, -0.2) is 5.91 Å². The number of carbonyl (C=O) groups is 1. The van der Waals surface area contributed by atoms with Crippen LogP contribution >= 0.6 is 56.8 Å². The van der Waals surface area contributed by atoms with Crippen LogP contribution in [0.1, 0.15) is 22.3 Å². The number of benzene rings is 3. The summed E-state index contributed by atoms with van der Waals surface area (Å²) in [4.78, 5) is 12.6. The third-order valence-corrected chi connectivity index (χ3v) is 6.65. The number of aryl methyl sites for hydroxylation is 1. The van der Waals surface area contributed by atoms with Crippen LogP contribution in [0.2, 0.25) is 5.02 Å². The Morgan fingerprint density at radius 2 is 1.82 bits per heavy atom. The quantitative estimate of drug-likeness (QED) is 0.176. The highest BCUT2D eigenvalue weighted by atomic mass is 127. The van der Waals surface area contributed by atoms with E-state index in [1.165, 1.54) is 6.08 Å². The molecular formula is C25H16ClI2N3O2. The summed E-state index contributed by atoms with van der Waals surface area (Å²) in [6.45, 7) is 2.13. The smallest absolute Gasteiger partial charge is 0.266 e. The molecular weight excluding hydrogens is 664 g/mol. The molecule has 0 saturated carbocycles. The summed E-state index contributed by atoms with van der Waals surface area (Å²) in [6, 6.07) is 20.3. The van der Waals surface area contributed by atoms with Gasteiger partial charge in [0.2, 0.25) is 0 Å². The lowest BCUT2D eigenvalue weighted by molar-refractivity contribution is -0.112. The van der Waals surface area contributed by atoms with Gasteiger partial charge in [0, 0.05) is 16.3 Å². The number of amides is 1. The van der Waals surface area contributed by atoms with Crippen molar-refractivity contribution in [3.8, 4) is 17.9 Å². The van der Waals surface area contributed by atoms with Gasteiger partial charge < -0.3 is 10.1 Å². The topological polar surface area (TPSA) is 85.9 Å². The fourth-order valence-corrected chi connectivity index (χ4v) is 5.20. The van der Waals surface area contributed by atoms with Gasteiger partial charge in [0.15, 0.2) is 0 Å². The van der Waals surface area contributed by atoms with Crippen LogP contribution in [0.15, 0.2) is 60.2 Å². The van der Waals surface area contributed by atoms with Gasteiger partial charge in [-0.15, -0.1) is 0 Å². The van der Waals surface area contributed by atoms with Crippen molar-refractivity contribution < 1.29 is 9.53 Å². The molecule has 1 N–H and O–H groups in total. The number of nitriles is 2. The van der Waals surface area contributed by atoms with Crippen LogP contribution in [-0.2, 0) is 11.4 Å². The van der Waals surface area contributed by atoms with Gasteiger partial charge in [0.05, 0.1) is 18.8 Å². The molecule has 0 bridgehead atoms. The molecule has 0 saturated heterocycles. The van der Waals surface area contributed by atoms with Gasteiger partial charge in [-0.1, -0.05) is 35.9 Å². The van der Waals surface area contributed by atoms with Crippen LogP contribution in [0.4, 0.5) is 5.69 Å². The second kappa shape index (κ2) is 11.5. The zero-order valence-electron chi connectivity index (χ0n) is 17.3. The number of carbonyl (C=O) groups excluding carboxylic acids is 1. The molecule has 3 aromatic rings. The third-order valence-electron chi connectivity index (χ3n) is 4.64. The summed E-state index contributed by atoms with van der Waals surface area (Å²) in [5.41, 5.74) is 3.45. The van der Waals surface area contributed by atoms with Crippen LogP contribution in [0.3, 0.4) is 0 Å². The van der Waals surface area contributed by atoms with Crippen LogP contribution in [0.25, 0.3) is 6.08 Å². The van der Waals surface area contributed by atoms with E-state index in [1.807, 2.05) is 43.3 Å². The monoisotopic (exact) mass is 679 g/mol. The fraction of sp³-hybridized carbons (Fsp3) is 0.0800. The summed E-state index contributed by atoms with van der Waals surface area (Å²) < 4.78 is 7.63. The molecule has 0 aliphatic heterocycles. The first-order chi connectivity index (χ1) is 15.8. The molecule has 164 valence electrons. The van der Waals surface area contributed by atoms with Crippen molar-refractivity contribution in [1.82, 2.24) is 0 Å². The molecule has 3 aromatic carbocycles. The number of nitrogens with one attached hydrogen (secondary N) is 1. The minimum Gasteiger partial charge on any atom is -0.487 e. The van der Waals surface area contributed by atoms with Crippen molar-refractivity contribution in [2.75, 3.05) is 5.32 Å². The zero-order chi connectivity index (χ0) is 24.0. The van der Waals surface area contributed by atoms with E-state index in [9.17, 15) is 15.3 Å². The normalized spacial score (nSPS) is 10.8. The van der Waals surface area contributed by atoms with Gasteiger partial charge in [-0.2, -0.15) is 10.5 Å². The molecule has 0 atom stereocenters. The number of anilines is 1. The molecule has 5 nitrogen and oxygen atoms in total. The Labute approximate surface area is 224 Å². The van der Waals surface area contributed by atoms with Crippen LogP contribution < -0.4 is 10.1 Å². The predicted molar refractivity (Wildman–Crippen MR) is 146 cm³/mol. The van der Waals surface area contributed by atoms with E-state index in [0.29, 0.717) is 27.6 Å². The molecule has 0 fully saturated rings. The first-order valence-electron chi connectivity index (χ1n) is 9.61. The zero-order valence-corrected chi connectivity index (χ0v) is 22.4. The third kappa shape index (κ3) is 6.47. The Morgan fingerprint density at radius 3 is 2.45 bits per heavy atom. The average Bonchev–Trinajstić information content (AvgIpc) is 2.79. The lowest BCUT2D eigenvalue weighted by Crippen LogP contribution is -2.13. The van der Waals surface area contributed by atoms with Crippen molar-refractivity contribution in [3.63, 3.8) is 0 Å². The highest BCUT2D eigenvalue weighted by molar-refractivity contribution is 14.1. The SMILES string of the molecule is Cc1ccc(NC(=O)/C(C#N)=C\c2cc(I)c(OCc3ccccc3C#N)c(I)c2)cc1Cl. The van der Waals surface area contributed by atoms with Crippen molar-refractivity contribution in [2.45, 2.75) is 13.5 Å². The Morgan fingerprint density at radius 1 is 1.12 bits per heavy atom. The maximum Gasteiger partial charge on any atom is 0.266 e. The Balaban J connectivity index is 1.79. The molecule has 0 aromatic heterocycles. The maximum atomic E-state index is 12.6. The van der Waals surface area contributed by atoms with Gasteiger partial charge in [-0.25, -0.2) is 0 Å². The van der Waals surface area contributed by atoms with Crippen molar-refractivity contribution >= 4 is 74.5 Å². The molecule has 8 heteroatoms. The van der Waals surface area contributed by atoms with E-state index >= 15 is 0 Å². The molecule has 33 heavy (non-hydrogen) atoms. The second-order valence-electron chi connectivity index (χ2n) is 6.96. The van der Waals surface area contributed by atoms with E-state index < -0.39 is 5.91 Å². The number of hydrogen-bond donors (Lipinski definition) is 1. The molecule has 0 aliphatic carbocycles. The maximum absolute atomic E-state index is 12.6. The van der Waals surface area contributed by atoms with E-state index in [1.54, 1.807) is 24.3 Å². The number of ether oxygens (including phenoxy) is 1. The van der Waals surface area contributed by atoms with E-state index in [2.05, 4.69) is 56.6 Å². The van der Waals surface area contributed by atoms with E-state index in [4.69, 9.17) is 16.3 Å². The largest absolute Gasteiger partial charge is 0.487 e. The number of hydrogen-bond acceptors (Lipinski definition) is 4. The first-order valence-corrected chi connectivity index (χ1v) is 12.1. The average molecular weight is 680 g/mol. The Kier molecular flexibility index (Phi) is 8.73. The second-order valence-corrected chi connectivity index (χ2v) is 9.69. The Bertz CT molecular complexity index is 1320. The lowest BCUT2D eigenvalue weighted by atomic mass is 10.1. The minimum atomic E-state index is -0.518. The molecule has 1 amide bonds. The minimum absolute atomic E-state index is 0.0325. The number of rotatable bonds is 6. The Hall–Kier alpha value is -2.60. The van der Waals surface area contributed by atoms with Gasteiger partial charge in [0.25, 0.3) is 5.91 Å². The molecule has 0 spiro atoms. The van der Waals surface area contributed by atoms with Crippen molar-refractivity contribution in [3.05, 3.63) is 94.6 Å². The van der Waals surface area contributed by atoms with E-state index in [-0.39, 0.29) is 12.2 Å². The predicted octanol–water partition coefficient (Wildman–Crippen LogP) is 6.85. The van der Waals surface area contributed by atoms with E-state index in [0.717, 1.165) is 18.3 Å². The summed E-state index contributed by atoms with van der Waals surface area (Å²) in [7, 11) is 0. The first kappa shape index (κ1) is 25.0. The molecule has 3 rings (SSSR count). The van der Waals surface area contributed by atoms with Gasteiger partial charge in [-0.3, -0.25) is 4.79 Å². The fourth-order valence-electron chi connectivity index (χ4n) is 2.89. The molecule has 0 heterocycles. The highest BCUT2D eigenvalue weighted by Crippen LogP contribution is 2.31. The van der Waals surface area contributed by atoms with Gasteiger partial charge in [-0.05, 0) is 99.6 Å².